The second-order valence-corrected chi connectivity index (χ2v) is 9.26. The lowest BCUT2D eigenvalue weighted by Crippen LogP contribution is -2.24. The molecule has 4 aromatic rings. The van der Waals surface area contributed by atoms with Crippen molar-refractivity contribution in [2.75, 3.05) is 16.8 Å². The Kier molecular flexibility index (Phi) is 6.17. The van der Waals surface area contributed by atoms with Gasteiger partial charge in [0.15, 0.2) is 16.7 Å². The molecule has 0 bridgehead atoms. The summed E-state index contributed by atoms with van der Waals surface area (Å²) in [6, 6.07) is 19.3. The van der Waals surface area contributed by atoms with Gasteiger partial charge in [0.25, 0.3) is 5.56 Å². The van der Waals surface area contributed by atoms with Crippen LogP contribution in [0.15, 0.2) is 82.7 Å². The Balaban J connectivity index is 1.40. The zero-order valence-corrected chi connectivity index (χ0v) is 20.1. The van der Waals surface area contributed by atoms with Crippen molar-refractivity contribution >= 4 is 52.3 Å². The maximum atomic E-state index is 13.2. The highest BCUT2D eigenvalue weighted by Crippen LogP contribution is 2.32. The number of halogens is 1. The van der Waals surface area contributed by atoms with Crippen LogP contribution in [-0.2, 0) is 4.79 Å². The number of fused-ring (bicyclic) bond motifs is 2. The Morgan fingerprint density at radius 1 is 0.917 bits per heavy atom. The smallest absolute Gasteiger partial charge is 0.275 e. The molecule has 0 fully saturated rings. The van der Waals surface area contributed by atoms with Crippen molar-refractivity contribution in [3.8, 4) is 5.69 Å². The van der Waals surface area contributed by atoms with Crippen LogP contribution in [0, 0.1) is 0 Å². The average Bonchev–Trinajstić information content (AvgIpc) is 2.86. The summed E-state index contributed by atoms with van der Waals surface area (Å²) in [5.41, 5.74) is 7.40. The number of hydrogen-bond donors (Lipinski definition) is 2. The third-order valence-electron chi connectivity index (χ3n) is 5.57. The molecule has 0 atom stereocenters. The summed E-state index contributed by atoms with van der Waals surface area (Å²) < 4.78 is 1.54. The van der Waals surface area contributed by atoms with E-state index in [0.717, 1.165) is 11.8 Å². The first kappa shape index (κ1) is 23.5. The molecule has 3 aromatic carbocycles. The van der Waals surface area contributed by atoms with Gasteiger partial charge < -0.3 is 11.1 Å². The molecule has 1 aliphatic carbocycles. The zero-order chi connectivity index (χ0) is 25.4. The number of carbonyl (C=O) groups excluding carboxylic acids is 3. The number of benzene rings is 3. The number of nitrogen functional groups attached to an aromatic ring is 1. The number of rotatable bonds is 5. The van der Waals surface area contributed by atoms with E-state index >= 15 is 0 Å². The Hall–Kier alpha value is -4.21. The van der Waals surface area contributed by atoms with E-state index in [4.69, 9.17) is 17.3 Å². The van der Waals surface area contributed by atoms with Crippen LogP contribution in [-0.4, -0.2) is 32.8 Å². The first-order valence-electron chi connectivity index (χ1n) is 10.7. The van der Waals surface area contributed by atoms with Crippen LogP contribution >= 0.6 is 23.4 Å². The molecule has 0 saturated carbocycles. The van der Waals surface area contributed by atoms with E-state index in [1.807, 2.05) is 0 Å². The van der Waals surface area contributed by atoms with Gasteiger partial charge in [0.2, 0.25) is 5.91 Å². The number of carbonyl (C=O) groups is 3. The number of nitrogens with two attached hydrogens (primary N) is 1. The van der Waals surface area contributed by atoms with Crippen LogP contribution in [0.1, 0.15) is 31.8 Å². The molecule has 0 spiro atoms. The fraction of sp³-hybridized carbons (Fsp3) is 0.0385. The number of hydrogen-bond acceptors (Lipinski definition) is 7. The second kappa shape index (κ2) is 9.44. The van der Waals surface area contributed by atoms with Crippen molar-refractivity contribution in [2.45, 2.75) is 5.16 Å². The van der Waals surface area contributed by atoms with Crippen molar-refractivity contribution in [1.82, 2.24) is 9.55 Å². The molecule has 0 aliphatic heterocycles. The molecule has 0 radical (unpaired) electrons. The van der Waals surface area contributed by atoms with Gasteiger partial charge in [-0.1, -0.05) is 59.8 Å². The topological polar surface area (TPSA) is 124 Å². The molecule has 5 rings (SSSR count). The number of amides is 1. The van der Waals surface area contributed by atoms with E-state index in [0.29, 0.717) is 21.8 Å². The summed E-state index contributed by atoms with van der Waals surface area (Å²) in [4.78, 5) is 55.0. The van der Waals surface area contributed by atoms with Gasteiger partial charge in [-0.05, 0) is 30.3 Å². The molecule has 1 aliphatic rings. The van der Waals surface area contributed by atoms with Crippen LogP contribution in [0.5, 0.6) is 0 Å². The first-order valence-corrected chi connectivity index (χ1v) is 12.1. The Bertz CT molecular complexity index is 1620. The van der Waals surface area contributed by atoms with Crippen molar-refractivity contribution < 1.29 is 14.4 Å². The average molecular weight is 517 g/mol. The zero-order valence-electron chi connectivity index (χ0n) is 18.5. The predicted molar refractivity (Wildman–Crippen MR) is 138 cm³/mol. The predicted octanol–water partition coefficient (Wildman–Crippen LogP) is 3.97. The summed E-state index contributed by atoms with van der Waals surface area (Å²) in [6.45, 7) is 0. The fourth-order valence-electron chi connectivity index (χ4n) is 3.99. The quantitative estimate of drug-likeness (QED) is 0.267. The number of thioether (sulfide) groups is 1. The van der Waals surface area contributed by atoms with Crippen LogP contribution in [0.3, 0.4) is 0 Å². The van der Waals surface area contributed by atoms with Gasteiger partial charge in [-0.3, -0.25) is 23.7 Å². The molecule has 8 nitrogen and oxygen atoms in total. The van der Waals surface area contributed by atoms with Crippen molar-refractivity contribution in [2.24, 2.45) is 0 Å². The van der Waals surface area contributed by atoms with E-state index in [1.54, 1.807) is 71.3 Å². The summed E-state index contributed by atoms with van der Waals surface area (Å²) >= 11 is 6.98. The standard InChI is InChI=1S/C26H17ClN4O4S/c27-14-8-10-15(11-9-14)31-20(28)12-21(32)30-26(31)36-13-22(33)29-19-7-3-6-18-23(19)25(35)17-5-2-1-4-16(17)24(18)34/h1-12H,13,28H2,(H,29,33). The van der Waals surface area contributed by atoms with Gasteiger partial charge in [0.05, 0.1) is 17.0 Å². The summed E-state index contributed by atoms with van der Waals surface area (Å²) in [5.74, 6) is -1.04. The molecule has 0 unspecified atom stereocenters. The van der Waals surface area contributed by atoms with Gasteiger partial charge in [-0.15, -0.1) is 0 Å². The Labute approximate surface area is 214 Å². The monoisotopic (exact) mass is 516 g/mol. The van der Waals surface area contributed by atoms with Gasteiger partial charge in [0, 0.05) is 33.5 Å². The Morgan fingerprint density at radius 2 is 1.58 bits per heavy atom. The number of ketones is 2. The van der Waals surface area contributed by atoms with E-state index in [9.17, 15) is 19.2 Å². The number of anilines is 2. The van der Waals surface area contributed by atoms with Crippen LogP contribution in [0.4, 0.5) is 11.5 Å². The van der Waals surface area contributed by atoms with Gasteiger partial charge in [-0.2, -0.15) is 4.98 Å². The highest BCUT2D eigenvalue weighted by molar-refractivity contribution is 7.99. The number of nitrogens with zero attached hydrogens (tertiary/aromatic N) is 2. The minimum atomic E-state index is -0.541. The molecule has 3 N–H and O–H groups in total. The maximum Gasteiger partial charge on any atom is 0.275 e. The van der Waals surface area contributed by atoms with E-state index in [-0.39, 0.29) is 45.1 Å². The van der Waals surface area contributed by atoms with Crippen LogP contribution in [0.2, 0.25) is 5.02 Å². The van der Waals surface area contributed by atoms with Gasteiger partial charge in [0.1, 0.15) is 5.82 Å². The number of nitrogens with one attached hydrogen (secondary N) is 1. The molecule has 0 saturated heterocycles. The van der Waals surface area contributed by atoms with E-state index in [1.165, 1.54) is 6.07 Å². The lowest BCUT2D eigenvalue weighted by atomic mass is 9.83. The SMILES string of the molecule is Nc1cc(=O)nc(SCC(=O)Nc2cccc3c2C(=O)c2ccccc2C3=O)n1-c1ccc(Cl)cc1. The van der Waals surface area contributed by atoms with Crippen molar-refractivity contribution in [3.05, 3.63) is 110 Å². The lowest BCUT2D eigenvalue weighted by molar-refractivity contribution is -0.113. The highest BCUT2D eigenvalue weighted by atomic mass is 35.5. The molecule has 10 heteroatoms. The van der Waals surface area contributed by atoms with Crippen LogP contribution < -0.4 is 16.6 Å². The molecule has 1 aromatic heterocycles. The normalized spacial score (nSPS) is 12.1. The molecule has 1 amide bonds. The maximum absolute atomic E-state index is 13.2. The van der Waals surface area contributed by atoms with Gasteiger partial charge in [-0.25, -0.2) is 0 Å². The summed E-state index contributed by atoms with van der Waals surface area (Å²) in [7, 11) is 0. The fourth-order valence-corrected chi connectivity index (χ4v) is 4.94. The summed E-state index contributed by atoms with van der Waals surface area (Å²) in [6.07, 6.45) is 0. The molecule has 36 heavy (non-hydrogen) atoms. The van der Waals surface area contributed by atoms with Crippen molar-refractivity contribution in [3.63, 3.8) is 0 Å². The third kappa shape index (κ3) is 4.30. The minimum absolute atomic E-state index is 0.133. The first-order chi connectivity index (χ1) is 17.3. The molecule has 1 heterocycles. The third-order valence-corrected chi connectivity index (χ3v) is 6.76. The molecule has 178 valence electrons. The van der Waals surface area contributed by atoms with Crippen molar-refractivity contribution in [1.29, 1.82) is 0 Å². The Morgan fingerprint density at radius 3 is 2.31 bits per heavy atom. The highest BCUT2D eigenvalue weighted by Gasteiger charge is 2.31. The second-order valence-electron chi connectivity index (χ2n) is 7.88. The lowest BCUT2D eigenvalue weighted by Gasteiger charge is -2.20. The molecular weight excluding hydrogens is 500 g/mol. The molecular formula is C26H17ClN4O4S. The summed E-state index contributed by atoms with van der Waals surface area (Å²) in [5, 5.41) is 3.47. The number of aromatic nitrogens is 2. The van der Waals surface area contributed by atoms with Crippen LogP contribution in [0.25, 0.3) is 5.69 Å². The van der Waals surface area contributed by atoms with Gasteiger partial charge >= 0.3 is 0 Å². The largest absolute Gasteiger partial charge is 0.385 e. The van der Waals surface area contributed by atoms with E-state index < -0.39 is 11.5 Å². The minimum Gasteiger partial charge on any atom is -0.385 e. The van der Waals surface area contributed by atoms with E-state index in [2.05, 4.69) is 10.3 Å².